The molecule has 0 amide bonds. The zero-order valence-electron chi connectivity index (χ0n) is 9.70. The quantitative estimate of drug-likeness (QED) is 0.581. The van der Waals surface area contributed by atoms with Crippen LogP contribution in [-0.4, -0.2) is 41.1 Å². The van der Waals surface area contributed by atoms with Crippen molar-refractivity contribution in [3.8, 4) is 0 Å². The molecule has 1 aliphatic heterocycles. The van der Waals surface area contributed by atoms with Crippen LogP contribution in [0.5, 0.6) is 0 Å². The van der Waals surface area contributed by atoms with Gasteiger partial charge < -0.3 is 4.74 Å². The summed E-state index contributed by atoms with van der Waals surface area (Å²) in [7, 11) is 1.72. The van der Waals surface area contributed by atoms with E-state index in [1.807, 2.05) is 0 Å². The monoisotopic (exact) mass is 237 g/mol. The van der Waals surface area contributed by atoms with Gasteiger partial charge in [0.2, 0.25) is 0 Å². The van der Waals surface area contributed by atoms with E-state index in [2.05, 4.69) is 9.88 Å². The van der Waals surface area contributed by atoms with Crippen LogP contribution in [0.25, 0.3) is 0 Å². The van der Waals surface area contributed by atoms with Crippen molar-refractivity contribution in [1.82, 2.24) is 9.88 Å². The minimum atomic E-state index is -0.437. The number of likely N-dealkylation sites (tertiary alicyclic amines) is 1. The number of hydrogen-bond acceptors (Lipinski definition) is 5. The number of ether oxygens (including phenoxy) is 1. The first-order chi connectivity index (χ1) is 8.19. The van der Waals surface area contributed by atoms with Gasteiger partial charge in [-0.1, -0.05) is 0 Å². The Labute approximate surface area is 99.4 Å². The van der Waals surface area contributed by atoms with E-state index < -0.39 is 4.92 Å². The maximum absolute atomic E-state index is 10.5. The van der Waals surface area contributed by atoms with Gasteiger partial charge in [0.1, 0.15) is 6.20 Å². The normalized spacial score (nSPS) is 20.6. The van der Waals surface area contributed by atoms with Gasteiger partial charge in [-0.05, 0) is 12.5 Å². The molecule has 1 unspecified atom stereocenters. The summed E-state index contributed by atoms with van der Waals surface area (Å²) in [5, 5.41) is 10.5. The van der Waals surface area contributed by atoms with Gasteiger partial charge in [-0.3, -0.25) is 20.0 Å². The zero-order chi connectivity index (χ0) is 12.3. The van der Waals surface area contributed by atoms with Crippen molar-refractivity contribution in [3.63, 3.8) is 0 Å². The predicted octanol–water partition coefficient (Wildman–Crippen LogP) is 1.21. The SMILES string of the molecule is COC1CCN(Cc2ccc([N+](=O)[O-])cn2)C1. The molecule has 6 heteroatoms. The second kappa shape index (κ2) is 5.20. The van der Waals surface area contributed by atoms with E-state index in [9.17, 15) is 10.1 Å². The van der Waals surface area contributed by atoms with E-state index in [1.165, 1.54) is 12.3 Å². The minimum absolute atomic E-state index is 0.0324. The van der Waals surface area contributed by atoms with Gasteiger partial charge in [-0.25, -0.2) is 0 Å². The van der Waals surface area contributed by atoms with Crippen LogP contribution in [0.1, 0.15) is 12.1 Å². The van der Waals surface area contributed by atoms with Crippen LogP contribution in [0, 0.1) is 10.1 Å². The minimum Gasteiger partial charge on any atom is -0.380 e. The first-order valence-corrected chi connectivity index (χ1v) is 5.53. The molecule has 0 aliphatic carbocycles. The molecule has 2 rings (SSSR count). The second-order valence-corrected chi connectivity index (χ2v) is 4.15. The molecule has 1 aliphatic rings. The van der Waals surface area contributed by atoms with Crippen molar-refractivity contribution in [3.05, 3.63) is 34.1 Å². The third-order valence-electron chi connectivity index (χ3n) is 2.97. The first kappa shape index (κ1) is 11.9. The Hall–Kier alpha value is -1.53. The molecule has 0 spiro atoms. The molecule has 1 aromatic rings. The molecule has 2 heterocycles. The number of methoxy groups -OCH3 is 1. The number of hydrogen-bond donors (Lipinski definition) is 0. The molecule has 0 radical (unpaired) electrons. The highest BCUT2D eigenvalue weighted by molar-refractivity contribution is 5.26. The number of nitro groups is 1. The lowest BCUT2D eigenvalue weighted by atomic mass is 10.3. The highest BCUT2D eigenvalue weighted by atomic mass is 16.6. The van der Waals surface area contributed by atoms with Crippen LogP contribution >= 0.6 is 0 Å². The Morgan fingerprint density at radius 3 is 3.00 bits per heavy atom. The molecule has 92 valence electrons. The number of rotatable bonds is 4. The van der Waals surface area contributed by atoms with E-state index in [4.69, 9.17) is 4.74 Å². The van der Waals surface area contributed by atoms with E-state index >= 15 is 0 Å². The van der Waals surface area contributed by atoms with Crippen molar-refractivity contribution in [2.24, 2.45) is 0 Å². The molecule has 1 fully saturated rings. The molecule has 1 aromatic heterocycles. The lowest BCUT2D eigenvalue weighted by Gasteiger charge is -2.14. The van der Waals surface area contributed by atoms with Crippen molar-refractivity contribution >= 4 is 5.69 Å². The summed E-state index contributed by atoms with van der Waals surface area (Å²) in [4.78, 5) is 16.4. The van der Waals surface area contributed by atoms with Crippen LogP contribution < -0.4 is 0 Å². The van der Waals surface area contributed by atoms with Gasteiger partial charge in [-0.15, -0.1) is 0 Å². The van der Waals surface area contributed by atoms with Gasteiger partial charge in [-0.2, -0.15) is 0 Å². The summed E-state index contributed by atoms with van der Waals surface area (Å²) in [6, 6.07) is 3.20. The molecule has 0 aromatic carbocycles. The highest BCUT2D eigenvalue weighted by Gasteiger charge is 2.22. The third-order valence-corrected chi connectivity index (χ3v) is 2.97. The number of pyridine rings is 1. The van der Waals surface area contributed by atoms with E-state index in [0.29, 0.717) is 6.10 Å². The molecule has 1 atom stereocenters. The average molecular weight is 237 g/mol. The summed E-state index contributed by atoms with van der Waals surface area (Å²) in [5.74, 6) is 0. The average Bonchev–Trinajstić information content (AvgIpc) is 2.77. The highest BCUT2D eigenvalue weighted by Crippen LogP contribution is 2.15. The Morgan fingerprint density at radius 1 is 1.65 bits per heavy atom. The van der Waals surface area contributed by atoms with E-state index in [0.717, 1.165) is 31.7 Å². The van der Waals surface area contributed by atoms with Gasteiger partial charge in [0.05, 0.1) is 16.7 Å². The van der Waals surface area contributed by atoms with Crippen LogP contribution in [-0.2, 0) is 11.3 Å². The van der Waals surface area contributed by atoms with Crippen LogP contribution in [0.2, 0.25) is 0 Å². The van der Waals surface area contributed by atoms with Crippen molar-refractivity contribution in [2.45, 2.75) is 19.1 Å². The molecular weight excluding hydrogens is 222 g/mol. The van der Waals surface area contributed by atoms with Gasteiger partial charge in [0.15, 0.2) is 0 Å². The van der Waals surface area contributed by atoms with Gasteiger partial charge in [0, 0.05) is 32.8 Å². The zero-order valence-corrected chi connectivity index (χ0v) is 9.70. The molecule has 17 heavy (non-hydrogen) atoms. The Kier molecular flexibility index (Phi) is 3.65. The van der Waals surface area contributed by atoms with Crippen molar-refractivity contribution in [2.75, 3.05) is 20.2 Å². The second-order valence-electron chi connectivity index (χ2n) is 4.15. The molecule has 0 bridgehead atoms. The third kappa shape index (κ3) is 2.98. The van der Waals surface area contributed by atoms with Gasteiger partial charge >= 0.3 is 0 Å². The fraction of sp³-hybridized carbons (Fsp3) is 0.545. The Bertz CT molecular complexity index is 393. The summed E-state index contributed by atoms with van der Waals surface area (Å²) >= 11 is 0. The Morgan fingerprint density at radius 2 is 2.47 bits per heavy atom. The predicted molar refractivity (Wildman–Crippen MR) is 61.6 cm³/mol. The number of nitrogens with zero attached hydrogens (tertiary/aromatic N) is 3. The summed E-state index contributed by atoms with van der Waals surface area (Å²) in [6.45, 7) is 2.60. The maximum atomic E-state index is 10.5. The topological polar surface area (TPSA) is 68.5 Å². The van der Waals surface area contributed by atoms with Crippen molar-refractivity contribution in [1.29, 1.82) is 0 Å². The smallest absolute Gasteiger partial charge is 0.287 e. The summed E-state index contributed by atoms with van der Waals surface area (Å²) in [5.41, 5.74) is 0.886. The van der Waals surface area contributed by atoms with E-state index in [1.54, 1.807) is 13.2 Å². The van der Waals surface area contributed by atoms with Gasteiger partial charge in [0.25, 0.3) is 5.69 Å². The van der Waals surface area contributed by atoms with Crippen LogP contribution in [0.4, 0.5) is 5.69 Å². The van der Waals surface area contributed by atoms with Crippen LogP contribution in [0.3, 0.4) is 0 Å². The van der Waals surface area contributed by atoms with E-state index in [-0.39, 0.29) is 5.69 Å². The first-order valence-electron chi connectivity index (χ1n) is 5.53. The standard InChI is InChI=1S/C11H15N3O3/c1-17-11-4-5-13(8-11)7-9-2-3-10(6-12-9)14(15)16/h2-3,6,11H,4-5,7-8H2,1H3. The lowest BCUT2D eigenvalue weighted by molar-refractivity contribution is -0.385. The molecule has 1 saturated heterocycles. The van der Waals surface area contributed by atoms with Crippen molar-refractivity contribution < 1.29 is 9.66 Å². The maximum Gasteiger partial charge on any atom is 0.287 e. The lowest BCUT2D eigenvalue weighted by Crippen LogP contribution is -2.22. The molecule has 6 nitrogen and oxygen atoms in total. The van der Waals surface area contributed by atoms with Crippen LogP contribution in [0.15, 0.2) is 18.3 Å². The molecule has 0 saturated carbocycles. The Balaban J connectivity index is 1.93. The fourth-order valence-electron chi connectivity index (χ4n) is 1.98. The molecular formula is C11H15N3O3. The fourth-order valence-corrected chi connectivity index (χ4v) is 1.98. The largest absolute Gasteiger partial charge is 0.380 e. The molecule has 0 N–H and O–H groups in total. The number of aromatic nitrogens is 1. The summed E-state index contributed by atoms with van der Waals surface area (Å²) < 4.78 is 5.28. The summed E-state index contributed by atoms with van der Waals surface area (Å²) in [6.07, 6.45) is 2.64.